The predicted octanol–water partition coefficient (Wildman–Crippen LogP) is 3.87. The van der Waals surface area contributed by atoms with Gasteiger partial charge in [-0.2, -0.15) is 0 Å². The van der Waals surface area contributed by atoms with Crippen molar-refractivity contribution in [1.82, 2.24) is 4.98 Å². The second kappa shape index (κ2) is 4.82. The number of hydrogen-bond donors (Lipinski definition) is 1. The van der Waals surface area contributed by atoms with Crippen molar-refractivity contribution in [2.45, 2.75) is 39.7 Å². The largest absolute Gasteiger partial charge is 0.326 e. The molecule has 1 aromatic heterocycles. The first-order valence-corrected chi connectivity index (χ1v) is 7.01. The lowest BCUT2D eigenvalue weighted by atomic mass is 9.98. The normalized spacial score (nSPS) is 11.8. The summed E-state index contributed by atoms with van der Waals surface area (Å²) in [7, 11) is 0. The Balaban J connectivity index is 2.54. The predicted molar refractivity (Wildman–Crippen MR) is 78.9 cm³/mol. The van der Waals surface area contributed by atoms with Crippen molar-refractivity contribution in [3.8, 4) is 11.3 Å². The molecule has 2 nitrogen and oxygen atoms in total. The topological polar surface area (TPSA) is 38.9 Å². The maximum Gasteiger partial charge on any atom is 0.0989 e. The van der Waals surface area contributed by atoms with Gasteiger partial charge in [-0.1, -0.05) is 44.5 Å². The molecule has 18 heavy (non-hydrogen) atoms. The molecule has 0 saturated carbocycles. The molecule has 0 radical (unpaired) electrons. The Bertz CT molecular complexity index is 550. The first-order chi connectivity index (χ1) is 8.41. The minimum atomic E-state index is 0.0800. The molecular weight excluding hydrogens is 240 g/mol. The fourth-order valence-corrected chi connectivity index (χ4v) is 2.85. The van der Waals surface area contributed by atoms with E-state index >= 15 is 0 Å². The van der Waals surface area contributed by atoms with Gasteiger partial charge in [-0.05, 0) is 13.0 Å². The van der Waals surface area contributed by atoms with Gasteiger partial charge in [0.15, 0.2) is 0 Å². The van der Waals surface area contributed by atoms with Crippen molar-refractivity contribution in [3.63, 3.8) is 0 Å². The first kappa shape index (κ1) is 13.2. The lowest BCUT2D eigenvalue weighted by molar-refractivity contribution is 0.586. The molecule has 2 rings (SSSR count). The minimum Gasteiger partial charge on any atom is -0.326 e. The van der Waals surface area contributed by atoms with Crippen LogP contribution in [0.2, 0.25) is 0 Å². The van der Waals surface area contributed by atoms with Crippen molar-refractivity contribution in [2.24, 2.45) is 5.73 Å². The van der Waals surface area contributed by atoms with E-state index in [1.54, 1.807) is 11.3 Å². The third kappa shape index (κ3) is 2.62. The zero-order chi connectivity index (χ0) is 13.3. The quantitative estimate of drug-likeness (QED) is 0.890. The number of hydrogen-bond acceptors (Lipinski definition) is 3. The van der Waals surface area contributed by atoms with E-state index in [1.165, 1.54) is 16.0 Å². The average molecular weight is 260 g/mol. The summed E-state index contributed by atoms with van der Waals surface area (Å²) >= 11 is 1.73. The Morgan fingerprint density at radius 1 is 1.28 bits per heavy atom. The van der Waals surface area contributed by atoms with E-state index in [0.29, 0.717) is 6.54 Å². The number of aromatic nitrogens is 1. The van der Waals surface area contributed by atoms with Gasteiger partial charge < -0.3 is 5.73 Å². The van der Waals surface area contributed by atoms with Crippen LogP contribution in [0.15, 0.2) is 24.3 Å². The van der Waals surface area contributed by atoms with Crippen molar-refractivity contribution in [1.29, 1.82) is 0 Å². The SMILES string of the molecule is Cc1cccc(-c2nc(C(C)(C)C)sc2CN)c1. The summed E-state index contributed by atoms with van der Waals surface area (Å²) in [5.74, 6) is 0. The first-order valence-electron chi connectivity index (χ1n) is 6.19. The Morgan fingerprint density at radius 3 is 2.56 bits per heavy atom. The highest BCUT2D eigenvalue weighted by Gasteiger charge is 2.21. The molecule has 0 bridgehead atoms. The van der Waals surface area contributed by atoms with E-state index in [-0.39, 0.29) is 5.41 Å². The Morgan fingerprint density at radius 2 is 2.00 bits per heavy atom. The van der Waals surface area contributed by atoms with E-state index in [9.17, 15) is 0 Å². The zero-order valence-corrected chi connectivity index (χ0v) is 12.3. The van der Waals surface area contributed by atoms with Gasteiger partial charge in [0.1, 0.15) is 0 Å². The van der Waals surface area contributed by atoms with Crippen LogP contribution >= 0.6 is 11.3 Å². The molecule has 0 aliphatic heterocycles. The number of thiazole rings is 1. The number of aryl methyl sites for hydroxylation is 1. The molecule has 2 aromatic rings. The third-order valence-corrected chi connectivity index (χ3v) is 4.32. The molecule has 0 aliphatic rings. The Hall–Kier alpha value is -1.19. The summed E-state index contributed by atoms with van der Waals surface area (Å²) in [5, 5.41) is 1.15. The number of benzene rings is 1. The third-order valence-electron chi connectivity index (χ3n) is 2.82. The summed E-state index contributed by atoms with van der Waals surface area (Å²) in [5.41, 5.74) is 9.40. The van der Waals surface area contributed by atoms with Gasteiger partial charge in [0, 0.05) is 22.4 Å². The Kier molecular flexibility index (Phi) is 3.55. The van der Waals surface area contributed by atoms with Crippen LogP contribution in [0.1, 0.15) is 36.2 Å². The summed E-state index contributed by atoms with van der Waals surface area (Å²) in [6.07, 6.45) is 0. The van der Waals surface area contributed by atoms with E-state index in [4.69, 9.17) is 10.7 Å². The molecule has 0 fully saturated rings. The van der Waals surface area contributed by atoms with Crippen LogP contribution in [0.3, 0.4) is 0 Å². The highest BCUT2D eigenvalue weighted by molar-refractivity contribution is 7.12. The Labute approximate surface area is 113 Å². The summed E-state index contributed by atoms with van der Waals surface area (Å²) in [6.45, 7) is 9.21. The standard InChI is InChI=1S/C15H20N2S/c1-10-6-5-7-11(8-10)13-12(9-16)18-14(17-13)15(2,3)4/h5-8H,9,16H2,1-4H3. The molecule has 0 atom stereocenters. The second-order valence-electron chi connectivity index (χ2n) is 5.61. The summed E-state index contributed by atoms with van der Waals surface area (Å²) < 4.78 is 0. The number of rotatable bonds is 2. The van der Waals surface area contributed by atoms with Gasteiger partial charge in [-0.25, -0.2) is 4.98 Å². The van der Waals surface area contributed by atoms with Gasteiger partial charge in [-0.15, -0.1) is 11.3 Å². The molecule has 0 amide bonds. The highest BCUT2D eigenvalue weighted by Crippen LogP contribution is 2.34. The van der Waals surface area contributed by atoms with Gasteiger partial charge >= 0.3 is 0 Å². The fourth-order valence-electron chi connectivity index (χ4n) is 1.83. The molecule has 2 N–H and O–H groups in total. The maximum absolute atomic E-state index is 5.85. The highest BCUT2D eigenvalue weighted by atomic mass is 32.1. The van der Waals surface area contributed by atoms with E-state index in [2.05, 4.69) is 52.0 Å². The molecule has 96 valence electrons. The van der Waals surface area contributed by atoms with E-state index in [1.807, 2.05) is 0 Å². The van der Waals surface area contributed by atoms with E-state index in [0.717, 1.165) is 10.7 Å². The van der Waals surface area contributed by atoms with E-state index < -0.39 is 0 Å². The van der Waals surface area contributed by atoms with Crippen LogP contribution < -0.4 is 5.73 Å². The molecule has 1 heterocycles. The number of nitrogens with zero attached hydrogens (tertiary/aromatic N) is 1. The lowest BCUT2D eigenvalue weighted by Gasteiger charge is -2.13. The molecule has 3 heteroatoms. The maximum atomic E-state index is 5.85. The van der Waals surface area contributed by atoms with Crippen molar-refractivity contribution < 1.29 is 0 Å². The monoisotopic (exact) mass is 260 g/mol. The smallest absolute Gasteiger partial charge is 0.0989 e. The molecule has 0 saturated heterocycles. The van der Waals surface area contributed by atoms with Crippen LogP contribution in [0, 0.1) is 6.92 Å². The van der Waals surface area contributed by atoms with Gasteiger partial charge in [0.2, 0.25) is 0 Å². The second-order valence-corrected chi connectivity index (χ2v) is 6.70. The van der Waals surface area contributed by atoms with Gasteiger partial charge in [-0.3, -0.25) is 0 Å². The molecule has 0 unspecified atom stereocenters. The van der Waals surface area contributed by atoms with Crippen LogP contribution in [0.25, 0.3) is 11.3 Å². The molecule has 0 aliphatic carbocycles. The van der Waals surface area contributed by atoms with Gasteiger partial charge in [0.05, 0.1) is 10.7 Å². The minimum absolute atomic E-state index is 0.0800. The zero-order valence-electron chi connectivity index (χ0n) is 11.4. The molecule has 0 spiro atoms. The molecular formula is C15H20N2S. The lowest BCUT2D eigenvalue weighted by Crippen LogP contribution is -2.10. The van der Waals surface area contributed by atoms with Crippen LogP contribution in [-0.4, -0.2) is 4.98 Å². The molecule has 1 aromatic carbocycles. The van der Waals surface area contributed by atoms with Crippen LogP contribution in [0.5, 0.6) is 0 Å². The summed E-state index contributed by atoms with van der Waals surface area (Å²) in [6, 6.07) is 8.44. The van der Waals surface area contributed by atoms with Crippen LogP contribution in [-0.2, 0) is 12.0 Å². The number of nitrogens with two attached hydrogens (primary N) is 1. The fraction of sp³-hybridized carbons (Fsp3) is 0.400. The van der Waals surface area contributed by atoms with Crippen LogP contribution in [0.4, 0.5) is 0 Å². The van der Waals surface area contributed by atoms with Crippen molar-refractivity contribution >= 4 is 11.3 Å². The van der Waals surface area contributed by atoms with Crippen molar-refractivity contribution in [3.05, 3.63) is 39.7 Å². The van der Waals surface area contributed by atoms with Gasteiger partial charge in [0.25, 0.3) is 0 Å². The average Bonchev–Trinajstić information content (AvgIpc) is 2.72. The van der Waals surface area contributed by atoms with Crippen molar-refractivity contribution in [2.75, 3.05) is 0 Å². The summed E-state index contributed by atoms with van der Waals surface area (Å²) in [4.78, 5) is 5.97.